The van der Waals surface area contributed by atoms with Gasteiger partial charge in [-0.1, -0.05) is 18.2 Å². The van der Waals surface area contributed by atoms with Crippen LogP contribution in [0.1, 0.15) is 16.5 Å². The Balaban J connectivity index is 1.45. The number of benzene rings is 1. The van der Waals surface area contributed by atoms with E-state index in [9.17, 15) is 13.2 Å². The van der Waals surface area contributed by atoms with Crippen LogP contribution in [0.3, 0.4) is 0 Å². The summed E-state index contributed by atoms with van der Waals surface area (Å²) in [6, 6.07) is 10.4. The quantitative estimate of drug-likeness (QED) is 0.575. The van der Waals surface area contributed by atoms with E-state index >= 15 is 0 Å². The maximum absolute atomic E-state index is 12.2. The molecule has 1 fully saturated rings. The van der Waals surface area contributed by atoms with E-state index in [1.807, 2.05) is 11.4 Å². The number of ether oxygens (including phenoxy) is 1. The van der Waals surface area contributed by atoms with Crippen molar-refractivity contribution in [1.29, 1.82) is 0 Å². The number of nitrogens with zero attached hydrogens (tertiary/aromatic N) is 1. The van der Waals surface area contributed by atoms with Gasteiger partial charge < -0.3 is 15.4 Å². The third-order valence-corrected chi connectivity index (χ3v) is 6.67. The summed E-state index contributed by atoms with van der Waals surface area (Å²) in [6.45, 7) is 4.08. The van der Waals surface area contributed by atoms with E-state index in [4.69, 9.17) is 9.88 Å². The summed E-state index contributed by atoms with van der Waals surface area (Å²) in [4.78, 5) is 15.9. The van der Waals surface area contributed by atoms with Crippen LogP contribution in [-0.4, -0.2) is 58.7 Å². The Morgan fingerprint density at radius 1 is 1.17 bits per heavy atom. The van der Waals surface area contributed by atoms with Crippen molar-refractivity contribution in [2.75, 3.05) is 39.4 Å². The smallest absolute Gasteiger partial charge is 0.314 e. The molecular weight excluding hydrogens is 412 g/mol. The Morgan fingerprint density at radius 3 is 2.52 bits per heavy atom. The molecule has 2 heterocycles. The summed E-state index contributed by atoms with van der Waals surface area (Å²) in [6.07, 6.45) is 0.593. The van der Waals surface area contributed by atoms with Crippen LogP contribution in [0.5, 0.6) is 0 Å². The Hall–Kier alpha value is -1.98. The molecule has 1 aromatic heterocycles. The van der Waals surface area contributed by atoms with Crippen LogP contribution >= 0.6 is 11.3 Å². The molecule has 1 saturated heterocycles. The average molecular weight is 439 g/mol. The van der Waals surface area contributed by atoms with Crippen molar-refractivity contribution in [3.05, 3.63) is 52.2 Å². The van der Waals surface area contributed by atoms with Crippen molar-refractivity contribution in [2.24, 2.45) is 5.14 Å². The minimum absolute atomic E-state index is 0.0784. The van der Waals surface area contributed by atoms with Gasteiger partial charge in [0, 0.05) is 31.1 Å². The number of hydrogen-bond acceptors (Lipinski definition) is 6. The predicted molar refractivity (Wildman–Crippen MR) is 112 cm³/mol. The molecule has 0 saturated carbocycles. The molecule has 4 N–H and O–H groups in total. The molecule has 158 valence electrons. The zero-order valence-electron chi connectivity index (χ0n) is 16.0. The monoisotopic (exact) mass is 438 g/mol. The van der Waals surface area contributed by atoms with E-state index < -0.39 is 10.0 Å². The highest BCUT2D eigenvalue weighted by Gasteiger charge is 2.23. The van der Waals surface area contributed by atoms with Crippen molar-refractivity contribution in [2.45, 2.75) is 17.4 Å². The molecule has 0 radical (unpaired) electrons. The number of carbonyl (C=O) groups is 1. The second-order valence-electron chi connectivity index (χ2n) is 6.76. The second kappa shape index (κ2) is 10.2. The number of rotatable bonds is 8. The van der Waals surface area contributed by atoms with Crippen molar-refractivity contribution in [1.82, 2.24) is 15.5 Å². The van der Waals surface area contributed by atoms with Crippen LogP contribution in [0.15, 0.2) is 46.7 Å². The van der Waals surface area contributed by atoms with Crippen LogP contribution in [0, 0.1) is 0 Å². The van der Waals surface area contributed by atoms with E-state index in [1.165, 1.54) is 17.0 Å². The van der Waals surface area contributed by atoms with Crippen LogP contribution in [0.2, 0.25) is 0 Å². The first-order chi connectivity index (χ1) is 13.9. The van der Waals surface area contributed by atoms with Gasteiger partial charge in [0.15, 0.2) is 0 Å². The number of nitrogens with two attached hydrogens (primary N) is 1. The van der Waals surface area contributed by atoms with Gasteiger partial charge in [-0.3, -0.25) is 4.90 Å². The van der Waals surface area contributed by atoms with Gasteiger partial charge in [0.2, 0.25) is 10.0 Å². The lowest BCUT2D eigenvalue weighted by Crippen LogP contribution is -2.45. The van der Waals surface area contributed by atoms with Gasteiger partial charge in [0.1, 0.15) is 0 Å². The number of morpholine rings is 1. The first-order valence-electron chi connectivity index (χ1n) is 9.42. The van der Waals surface area contributed by atoms with Crippen LogP contribution in [0.25, 0.3) is 0 Å². The molecule has 0 aliphatic carbocycles. The maximum atomic E-state index is 12.2. The molecule has 0 unspecified atom stereocenters. The fourth-order valence-corrected chi connectivity index (χ4v) is 4.57. The van der Waals surface area contributed by atoms with E-state index in [1.54, 1.807) is 23.5 Å². The summed E-state index contributed by atoms with van der Waals surface area (Å²) in [5.74, 6) is 0. The highest BCUT2D eigenvalue weighted by atomic mass is 32.2. The summed E-state index contributed by atoms with van der Waals surface area (Å²) in [5, 5.41) is 12.9. The Labute approximate surface area is 175 Å². The van der Waals surface area contributed by atoms with Gasteiger partial charge in [0.25, 0.3) is 0 Å². The normalized spacial score (nSPS) is 16.3. The van der Waals surface area contributed by atoms with E-state index in [0.717, 1.165) is 18.7 Å². The molecule has 1 atom stereocenters. The van der Waals surface area contributed by atoms with Crippen molar-refractivity contribution in [3.8, 4) is 0 Å². The van der Waals surface area contributed by atoms with Gasteiger partial charge in [-0.2, -0.15) is 0 Å². The van der Waals surface area contributed by atoms with Crippen molar-refractivity contribution < 1.29 is 17.9 Å². The van der Waals surface area contributed by atoms with Crippen LogP contribution in [-0.2, 0) is 21.2 Å². The fraction of sp³-hybridized carbons (Fsp3) is 0.421. The number of primary sulfonamides is 1. The summed E-state index contributed by atoms with van der Waals surface area (Å²) in [7, 11) is -3.69. The molecule has 2 aromatic rings. The van der Waals surface area contributed by atoms with Crippen LogP contribution in [0.4, 0.5) is 4.79 Å². The lowest BCUT2D eigenvalue weighted by molar-refractivity contribution is 0.0174. The minimum Gasteiger partial charge on any atom is -0.379 e. The number of nitrogens with one attached hydrogen (secondary N) is 2. The predicted octanol–water partition coefficient (Wildman–Crippen LogP) is 1.31. The molecule has 0 bridgehead atoms. The van der Waals surface area contributed by atoms with Gasteiger partial charge in [-0.25, -0.2) is 18.4 Å². The molecule has 29 heavy (non-hydrogen) atoms. The first-order valence-corrected chi connectivity index (χ1v) is 11.8. The van der Waals surface area contributed by atoms with Gasteiger partial charge in [-0.05, 0) is 35.6 Å². The standard InChI is InChI=1S/C19H26N4O4S2/c20-29(25,26)16-5-3-15(4-6-16)7-8-21-19(24)22-14-17(18-2-1-13-28-18)23-9-11-27-12-10-23/h1-6,13,17H,7-12,14H2,(H2,20,25,26)(H2,21,22,24)/t17-/m1/s1. The molecule has 2 amide bonds. The van der Waals surface area contributed by atoms with Gasteiger partial charge >= 0.3 is 6.03 Å². The minimum atomic E-state index is -3.69. The number of amides is 2. The molecular formula is C19H26N4O4S2. The fourth-order valence-electron chi connectivity index (χ4n) is 3.20. The molecule has 3 rings (SSSR count). The Kier molecular flexibility index (Phi) is 7.62. The molecule has 0 spiro atoms. The third kappa shape index (κ3) is 6.51. The van der Waals surface area contributed by atoms with Crippen LogP contribution < -0.4 is 15.8 Å². The summed E-state index contributed by atoms with van der Waals surface area (Å²) >= 11 is 1.69. The SMILES string of the molecule is NS(=O)(=O)c1ccc(CCNC(=O)NC[C@H](c2cccs2)N2CCOCC2)cc1. The Bertz CT molecular complexity index is 879. The number of thiophene rings is 1. The average Bonchev–Trinajstić information content (AvgIpc) is 3.23. The zero-order valence-corrected chi connectivity index (χ0v) is 17.7. The third-order valence-electron chi connectivity index (χ3n) is 4.77. The maximum Gasteiger partial charge on any atom is 0.314 e. The van der Waals surface area contributed by atoms with E-state index in [2.05, 4.69) is 21.6 Å². The molecule has 8 nitrogen and oxygen atoms in total. The van der Waals surface area contributed by atoms with Gasteiger partial charge in [-0.15, -0.1) is 11.3 Å². The second-order valence-corrected chi connectivity index (χ2v) is 9.30. The van der Waals surface area contributed by atoms with Gasteiger partial charge in [0.05, 0.1) is 24.2 Å². The molecule has 1 aromatic carbocycles. The summed E-state index contributed by atoms with van der Waals surface area (Å²) < 4.78 is 28.0. The molecule has 10 heteroatoms. The lowest BCUT2D eigenvalue weighted by atomic mass is 10.1. The highest BCUT2D eigenvalue weighted by molar-refractivity contribution is 7.89. The number of hydrogen-bond donors (Lipinski definition) is 3. The number of sulfonamides is 1. The number of carbonyl (C=O) groups excluding carboxylic acids is 1. The summed E-state index contributed by atoms with van der Waals surface area (Å²) in [5.41, 5.74) is 0.919. The molecule has 1 aliphatic rings. The largest absolute Gasteiger partial charge is 0.379 e. The lowest BCUT2D eigenvalue weighted by Gasteiger charge is -2.34. The highest BCUT2D eigenvalue weighted by Crippen LogP contribution is 2.25. The number of urea groups is 1. The van der Waals surface area contributed by atoms with Crippen molar-refractivity contribution >= 4 is 27.4 Å². The molecule has 1 aliphatic heterocycles. The topological polar surface area (TPSA) is 114 Å². The first kappa shape index (κ1) is 21.7. The van der Waals surface area contributed by atoms with Crippen molar-refractivity contribution in [3.63, 3.8) is 0 Å². The Morgan fingerprint density at radius 2 is 1.90 bits per heavy atom. The van der Waals surface area contributed by atoms with E-state index in [0.29, 0.717) is 32.7 Å². The van der Waals surface area contributed by atoms with E-state index in [-0.39, 0.29) is 17.0 Å². The zero-order chi connectivity index (χ0) is 20.7.